The Morgan fingerprint density at radius 1 is 1.50 bits per heavy atom. The number of aromatic carboxylic acids is 1. The van der Waals surface area contributed by atoms with Gasteiger partial charge in [-0.3, -0.25) is 4.79 Å². The number of hydrogen-bond acceptors (Lipinski definition) is 3. The molecule has 1 aliphatic rings. The van der Waals surface area contributed by atoms with Gasteiger partial charge in [-0.2, -0.15) is 0 Å². The van der Waals surface area contributed by atoms with Gasteiger partial charge in [0.1, 0.15) is 5.75 Å². The molecule has 1 unspecified atom stereocenters. The lowest BCUT2D eigenvalue weighted by atomic mass is 10.2. The summed E-state index contributed by atoms with van der Waals surface area (Å²) < 4.78 is 5.90. The fourth-order valence-corrected chi connectivity index (χ4v) is 2.40. The van der Waals surface area contributed by atoms with E-state index in [2.05, 4.69) is 21.2 Å². The first-order valence-electron chi connectivity index (χ1n) is 6.42. The third-order valence-electron chi connectivity index (χ3n) is 3.26. The van der Waals surface area contributed by atoms with E-state index in [1.807, 2.05) is 6.92 Å². The van der Waals surface area contributed by atoms with Crippen LogP contribution >= 0.6 is 15.9 Å². The Labute approximate surface area is 125 Å². The van der Waals surface area contributed by atoms with Gasteiger partial charge in [0.25, 0.3) is 5.91 Å². The highest BCUT2D eigenvalue weighted by Gasteiger charge is 2.28. The van der Waals surface area contributed by atoms with E-state index >= 15 is 0 Å². The van der Waals surface area contributed by atoms with Crippen molar-refractivity contribution in [1.82, 2.24) is 5.32 Å². The van der Waals surface area contributed by atoms with Gasteiger partial charge in [0.2, 0.25) is 0 Å². The number of rotatable bonds is 6. The van der Waals surface area contributed by atoms with Crippen LogP contribution in [-0.2, 0) is 4.79 Å². The quantitative estimate of drug-likeness (QED) is 0.833. The first kappa shape index (κ1) is 14.8. The van der Waals surface area contributed by atoms with Crippen LogP contribution in [0.4, 0.5) is 0 Å². The van der Waals surface area contributed by atoms with Crippen LogP contribution in [0, 0.1) is 5.92 Å². The first-order chi connectivity index (χ1) is 9.47. The van der Waals surface area contributed by atoms with Crippen LogP contribution in [0.15, 0.2) is 22.7 Å². The number of hydrogen-bond donors (Lipinski definition) is 2. The van der Waals surface area contributed by atoms with Crippen molar-refractivity contribution >= 4 is 27.8 Å². The Morgan fingerprint density at radius 3 is 2.75 bits per heavy atom. The van der Waals surface area contributed by atoms with Gasteiger partial charge in [-0.1, -0.05) is 0 Å². The lowest BCUT2D eigenvalue weighted by Crippen LogP contribution is -2.37. The average Bonchev–Trinajstić information content (AvgIpc) is 3.21. The zero-order chi connectivity index (χ0) is 14.7. The van der Waals surface area contributed by atoms with Crippen molar-refractivity contribution in [2.24, 2.45) is 5.92 Å². The van der Waals surface area contributed by atoms with Crippen molar-refractivity contribution in [3.8, 4) is 5.75 Å². The number of carbonyl (C=O) groups excluding carboxylic acids is 1. The van der Waals surface area contributed by atoms with Crippen LogP contribution in [0.2, 0.25) is 0 Å². The zero-order valence-corrected chi connectivity index (χ0v) is 12.6. The second-order valence-corrected chi connectivity index (χ2v) is 5.79. The number of carbonyl (C=O) groups is 2. The molecular weight excluding hydrogens is 326 g/mol. The molecule has 1 fully saturated rings. The molecular formula is C14H16BrNO4. The van der Waals surface area contributed by atoms with Crippen molar-refractivity contribution < 1.29 is 19.4 Å². The van der Waals surface area contributed by atoms with E-state index in [9.17, 15) is 9.59 Å². The maximum absolute atomic E-state index is 11.7. The highest BCUT2D eigenvalue weighted by Crippen LogP contribution is 2.32. The largest absolute Gasteiger partial charge is 0.483 e. The minimum absolute atomic E-state index is 0.0813. The number of benzene rings is 1. The van der Waals surface area contributed by atoms with Crippen LogP contribution in [0.3, 0.4) is 0 Å². The normalized spacial score (nSPS) is 15.5. The monoisotopic (exact) mass is 341 g/mol. The predicted octanol–water partition coefficient (Wildman–Crippen LogP) is 2.44. The molecule has 1 amide bonds. The van der Waals surface area contributed by atoms with Crippen molar-refractivity contribution in [3.63, 3.8) is 0 Å². The molecule has 0 bridgehead atoms. The SMILES string of the molecule is CC(NC(=O)COc1ccc(C(=O)O)cc1Br)C1CC1. The Kier molecular flexibility index (Phi) is 4.65. The summed E-state index contributed by atoms with van der Waals surface area (Å²) in [6.45, 7) is 1.91. The molecule has 1 saturated carbocycles. The highest BCUT2D eigenvalue weighted by atomic mass is 79.9. The molecule has 0 radical (unpaired) electrons. The molecule has 0 aliphatic heterocycles. The predicted molar refractivity (Wildman–Crippen MR) is 76.9 cm³/mol. The summed E-state index contributed by atoms with van der Waals surface area (Å²) >= 11 is 3.23. The van der Waals surface area contributed by atoms with E-state index in [0.717, 1.165) is 0 Å². The van der Waals surface area contributed by atoms with Gasteiger partial charge in [0.15, 0.2) is 6.61 Å². The molecule has 0 heterocycles. The molecule has 0 saturated heterocycles. The Balaban J connectivity index is 1.86. The van der Waals surface area contributed by atoms with Gasteiger partial charge in [-0.15, -0.1) is 0 Å². The number of ether oxygens (including phenoxy) is 1. The lowest BCUT2D eigenvalue weighted by Gasteiger charge is -2.13. The van der Waals surface area contributed by atoms with Gasteiger partial charge in [-0.05, 0) is 59.8 Å². The summed E-state index contributed by atoms with van der Waals surface area (Å²) in [5, 5.41) is 11.7. The molecule has 2 N–H and O–H groups in total. The van der Waals surface area contributed by atoms with Crippen LogP contribution in [0.1, 0.15) is 30.1 Å². The van der Waals surface area contributed by atoms with Crippen molar-refractivity contribution in [1.29, 1.82) is 0 Å². The van der Waals surface area contributed by atoms with E-state index < -0.39 is 5.97 Å². The number of amides is 1. The molecule has 1 atom stereocenters. The molecule has 5 nitrogen and oxygen atoms in total. The second kappa shape index (κ2) is 6.26. The third-order valence-corrected chi connectivity index (χ3v) is 3.88. The maximum atomic E-state index is 11.7. The molecule has 108 valence electrons. The molecule has 1 aromatic rings. The summed E-state index contributed by atoms with van der Waals surface area (Å²) in [6.07, 6.45) is 2.34. The van der Waals surface area contributed by atoms with Crippen molar-refractivity contribution in [2.75, 3.05) is 6.61 Å². The van der Waals surface area contributed by atoms with Crippen molar-refractivity contribution in [3.05, 3.63) is 28.2 Å². The highest BCUT2D eigenvalue weighted by molar-refractivity contribution is 9.10. The van der Waals surface area contributed by atoms with Gasteiger partial charge in [-0.25, -0.2) is 4.79 Å². The van der Waals surface area contributed by atoms with Gasteiger partial charge in [0, 0.05) is 6.04 Å². The van der Waals surface area contributed by atoms with Crippen LogP contribution in [0.25, 0.3) is 0 Å². The van der Waals surface area contributed by atoms with Gasteiger partial charge < -0.3 is 15.2 Å². The maximum Gasteiger partial charge on any atom is 0.335 e. The minimum atomic E-state index is -1.01. The standard InChI is InChI=1S/C14H16BrNO4/c1-8(9-2-3-9)16-13(17)7-20-12-5-4-10(14(18)19)6-11(12)15/h4-6,8-9H,2-3,7H2,1H3,(H,16,17)(H,18,19). The third kappa shape index (κ3) is 3.96. The van der Waals surface area contributed by atoms with E-state index in [1.165, 1.54) is 31.0 Å². The van der Waals surface area contributed by atoms with E-state index in [0.29, 0.717) is 16.1 Å². The van der Waals surface area contributed by atoms with E-state index in [4.69, 9.17) is 9.84 Å². The number of nitrogens with one attached hydrogen (secondary N) is 1. The fraction of sp³-hybridized carbons (Fsp3) is 0.429. The Bertz CT molecular complexity index is 528. The second-order valence-electron chi connectivity index (χ2n) is 4.93. The lowest BCUT2D eigenvalue weighted by molar-refractivity contribution is -0.123. The zero-order valence-electron chi connectivity index (χ0n) is 11.1. The summed E-state index contributed by atoms with van der Waals surface area (Å²) in [7, 11) is 0. The van der Waals surface area contributed by atoms with Crippen LogP contribution in [0.5, 0.6) is 5.75 Å². The number of carboxylic acid groups (broad SMARTS) is 1. The molecule has 1 aliphatic carbocycles. The fourth-order valence-electron chi connectivity index (χ4n) is 1.90. The van der Waals surface area contributed by atoms with Crippen LogP contribution < -0.4 is 10.1 Å². The molecule has 0 aromatic heterocycles. The summed E-state index contributed by atoms with van der Waals surface area (Å²) in [5.41, 5.74) is 0.163. The number of halogens is 1. The van der Waals surface area contributed by atoms with E-state index in [-0.39, 0.29) is 24.1 Å². The average molecular weight is 342 g/mol. The van der Waals surface area contributed by atoms with E-state index in [1.54, 1.807) is 0 Å². The van der Waals surface area contributed by atoms with Crippen molar-refractivity contribution in [2.45, 2.75) is 25.8 Å². The van der Waals surface area contributed by atoms with Gasteiger partial charge in [0.05, 0.1) is 10.0 Å². The van der Waals surface area contributed by atoms with Gasteiger partial charge >= 0.3 is 5.97 Å². The smallest absolute Gasteiger partial charge is 0.335 e. The molecule has 2 rings (SSSR count). The molecule has 0 spiro atoms. The Morgan fingerprint density at radius 2 is 2.20 bits per heavy atom. The molecule has 6 heteroatoms. The summed E-state index contributed by atoms with van der Waals surface area (Å²) in [5.74, 6) is -0.128. The molecule has 1 aromatic carbocycles. The summed E-state index contributed by atoms with van der Waals surface area (Å²) in [6, 6.07) is 4.60. The molecule has 20 heavy (non-hydrogen) atoms. The minimum Gasteiger partial charge on any atom is -0.483 e. The summed E-state index contributed by atoms with van der Waals surface area (Å²) in [4.78, 5) is 22.5. The topological polar surface area (TPSA) is 75.6 Å². The Hall–Kier alpha value is -1.56. The first-order valence-corrected chi connectivity index (χ1v) is 7.21. The van der Waals surface area contributed by atoms with Crippen LogP contribution in [-0.4, -0.2) is 29.6 Å². The number of carboxylic acids is 1.